The Kier molecular flexibility index (Phi) is 6.22. The van der Waals surface area contributed by atoms with Gasteiger partial charge in [0.2, 0.25) is 0 Å². The second-order valence-corrected chi connectivity index (χ2v) is 8.99. The molecule has 1 fully saturated rings. The summed E-state index contributed by atoms with van der Waals surface area (Å²) in [5, 5.41) is 3.31. The number of rotatable bonds is 7. The van der Waals surface area contributed by atoms with Gasteiger partial charge in [-0.15, -0.1) is 11.3 Å². The van der Waals surface area contributed by atoms with E-state index in [1.807, 2.05) is 6.07 Å². The second kappa shape index (κ2) is 7.72. The van der Waals surface area contributed by atoms with E-state index in [9.17, 15) is 8.42 Å². The summed E-state index contributed by atoms with van der Waals surface area (Å²) < 4.78 is 27.4. The van der Waals surface area contributed by atoms with Crippen molar-refractivity contribution >= 4 is 21.4 Å². The van der Waals surface area contributed by atoms with E-state index in [4.69, 9.17) is 0 Å². The Bertz CT molecular complexity index is 532. The highest BCUT2D eigenvalue weighted by Crippen LogP contribution is 2.29. The molecule has 2 heterocycles. The molecule has 0 radical (unpaired) electrons. The van der Waals surface area contributed by atoms with Gasteiger partial charge in [-0.05, 0) is 43.9 Å². The first kappa shape index (κ1) is 16.9. The van der Waals surface area contributed by atoms with E-state index in [0.717, 1.165) is 43.6 Å². The summed E-state index contributed by atoms with van der Waals surface area (Å²) >= 11 is 1.40. The van der Waals surface area contributed by atoms with Crippen LogP contribution in [0, 0.1) is 5.92 Å². The van der Waals surface area contributed by atoms with Gasteiger partial charge in [-0.2, -0.15) is 4.31 Å². The fourth-order valence-electron chi connectivity index (χ4n) is 2.67. The smallest absolute Gasteiger partial charge is 0.252 e. The Balaban J connectivity index is 1.99. The quantitative estimate of drug-likeness (QED) is 0.782. The van der Waals surface area contributed by atoms with Gasteiger partial charge in [0.15, 0.2) is 0 Å². The normalized spacial score (nSPS) is 18.2. The molecular formula is C15H26N2O2S2. The Hall–Kier alpha value is -0.430. The predicted octanol–water partition coefficient (Wildman–Crippen LogP) is 3.06. The van der Waals surface area contributed by atoms with Crippen molar-refractivity contribution in [3.8, 4) is 0 Å². The molecule has 0 atom stereocenters. The zero-order valence-corrected chi connectivity index (χ0v) is 14.6. The highest BCUT2D eigenvalue weighted by Gasteiger charge is 2.29. The van der Waals surface area contributed by atoms with Gasteiger partial charge >= 0.3 is 0 Å². The summed E-state index contributed by atoms with van der Waals surface area (Å²) in [5.41, 5.74) is 0. The van der Waals surface area contributed by atoms with Gasteiger partial charge < -0.3 is 5.32 Å². The average Bonchev–Trinajstić information content (AvgIpc) is 2.97. The maximum Gasteiger partial charge on any atom is 0.252 e. The first-order chi connectivity index (χ1) is 10.1. The van der Waals surface area contributed by atoms with Crippen LogP contribution in [-0.2, 0) is 16.6 Å². The highest BCUT2D eigenvalue weighted by atomic mass is 32.2. The van der Waals surface area contributed by atoms with E-state index in [0.29, 0.717) is 23.2 Å². The van der Waals surface area contributed by atoms with Crippen LogP contribution in [-0.4, -0.2) is 32.4 Å². The minimum atomic E-state index is -3.28. The van der Waals surface area contributed by atoms with Crippen LogP contribution in [0.2, 0.25) is 0 Å². The molecule has 4 nitrogen and oxygen atoms in total. The maximum absolute atomic E-state index is 12.6. The first-order valence-corrected chi connectivity index (χ1v) is 10.1. The molecule has 1 saturated heterocycles. The number of hydrogen-bond acceptors (Lipinski definition) is 4. The second-order valence-electron chi connectivity index (χ2n) is 5.65. The Morgan fingerprint density at radius 2 is 2.00 bits per heavy atom. The number of hydrogen-bond donors (Lipinski definition) is 1. The maximum atomic E-state index is 12.6. The van der Waals surface area contributed by atoms with Crippen molar-refractivity contribution in [1.82, 2.24) is 9.62 Å². The molecule has 6 heteroatoms. The summed E-state index contributed by atoms with van der Waals surface area (Å²) in [6.07, 6.45) is 4.22. The third-order valence-corrected chi connectivity index (χ3v) is 7.56. The van der Waals surface area contributed by atoms with E-state index in [1.165, 1.54) is 11.3 Å². The minimum absolute atomic E-state index is 0.491. The summed E-state index contributed by atoms with van der Waals surface area (Å²) in [4.78, 5) is 1.09. The predicted molar refractivity (Wildman–Crippen MR) is 88.1 cm³/mol. The monoisotopic (exact) mass is 330 g/mol. The van der Waals surface area contributed by atoms with Crippen LogP contribution < -0.4 is 5.32 Å². The molecule has 2 rings (SSSR count). The highest BCUT2D eigenvalue weighted by molar-refractivity contribution is 7.91. The molecule has 0 spiro atoms. The van der Waals surface area contributed by atoms with Gasteiger partial charge in [-0.25, -0.2) is 8.42 Å². The first-order valence-electron chi connectivity index (χ1n) is 7.87. The number of thiophene rings is 1. The van der Waals surface area contributed by atoms with Crippen LogP contribution in [0.25, 0.3) is 0 Å². The lowest BCUT2D eigenvalue weighted by Gasteiger charge is -2.30. The summed E-state index contributed by atoms with van der Waals surface area (Å²) in [6, 6.07) is 3.69. The van der Waals surface area contributed by atoms with Gasteiger partial charge in [0.25, 0.3) is 10.0 Å². The molecule has 0 bridgehead atoms. The molecule has 21 heavy (non-hydrogen) atoms. The lowest BCUT2D eigenvalue weighted by molar-refractivity contribution is 0.269. The van der Waals surface area contributed by atoms with Crippen LogP contribution in [0.3, 0.4) is 0 Å². The van der Waals surface area contributed by atoms with E-state index in [2.05, 4.69) is 19.2 Å². The summed E-state index contributed by atoms with van der Waals surface area (Å²) in [7, 11) is -3.28. The topological polar surface area (TPSA) is 49.4 Å². The molecule has 0 aromatic carbocycles. The Morgan fingerprint density at radius 1 is 1.29 bits per heavy atom. The SMILES string of the molecule is CCCNCc1ccc(S(=O)(=O)N2CCC(CC)CC2)s1. The standard InChI is InChI=1S/C15H26N2O2S2/c1-3-9-16-12-14-5-6-15(20-14)21(18,19)17-10-7-13(4-2)8-11-17/h5-6,13,16H,3-4,7-12H2,1-2H3. The van der Waals surface area contributed by atoms with Crippen molar-refractivity contribution in [2.45, 2.75) is 50.3 Å². The third kappa shape index (κ3) is 4.28. The lowest BCUT2D eigenvalue weighted by Crippen LogP contribution is -2.37. The van der Waals surface area contributed by atoms with Crippen LogP contribution in [0.5, 0.6) is 0 Å². The van der Waals surface area contributed by atoms with Crippen molar-refractivity contribution in [3.63, 3.8) is 0 Å². The molecular weight excluding hydrogens is 304 g/mol. The van der Waals surface area contributed by atoms with Crippen molar-refractivity contribution in [2.24, 2.45) is 5.92 Å². The minimum Gasteiger partial charge on any atom is -0.312 e. The number of nitrogens with one attached hydrogen (secondary N) is 1. The fourth-order valence-corrected chi connectivity index (χ4v) is 5.61. The largest absolute Gasteiger partial charge is 0.312 e. The molecule has 1 aliphatic rings. The van der Waals surface area contributed by atoms with E-state index in [-0.39, 0.29) is 0 Å². The lowest BCUT2D eigenvalue weighted by atomic mass is 9.96. The van der Waals surface area contributed by atoms with Gasteiger partial charge in [0, 0.05) is 24.5 Å². The third-order valence-electron chi connectivity index (χ3n) is 4.11. The molecule has 0 unspecified atom stereocenters. The number of nitrogens with zero attached hydrogens (tertiary/aromatic N) is 1. The van der Waals surface area contributed by atoms with Gasteiger partial charge in [-0.1, -0.05) is 20.3 Å². The molecule has 1 aliphatic heterocycles. The van der Waals surface area contributed by atoms with Gasteiger partial charge in [-0.3, -0.25) is 0 Å². The zero-order chi connectivity index (χ0) is 15.3. The van der Waals surface area contributed by atoms with Crippen molar-refractivity contribution in [3.05, 3.63) is 17.0 Å². The Labute approximate surface area is 132 Å². The molecule has 1 aromatic heterocycles. The zero-order valence-electron chi connectivity index (χ0n) is 13.0. The fraction of sp³-hybridized carbons (Fsp3) is 0.733. The molecule has 1 N–H and O–H groups in total. The van der Waals surface area contributed by atoms with Crippen LogP contribution in [0.4, 0.5) is 0 Å². The summed E-state index contributed by atoms with van der Waals surface area (Å²) in [5.74, 6) is 0.689. The van der Waals surface area contributed by atoms with Crippen LogP contribution in [0.1, 0.15) is 44.4 Å². The molecule has 1 aromatic rings. The summed E-state index contributed by atoms with van der Waals surface area (Å²) in [6.45, 7) is 7.36. The molecule has 0 aliphatic carbocycles. The van der Waals surface area contributed by atoms with E-state index < -0.39 is 10.0 Å². The Morgan fingerprint density at radius 3 is 2.62 bits per heavy atom. The van der Waals surface area contributed by atoms with Crippen molar-refractivity contribution in [2.75, 3.05) is 19.6 Å². The molecule has 0 amide bonds. The van der Waals surface area contributed by atoms with E-state index in [1.54, 1.807) is 10.4 Å². The molecule has 0 saturated carbocycles. The van der Waals surface area contributed by atoms with Crippen molar-refractivity contribution < 1.29 is 8.42 Å². The van der Waals surface area contributed by atoms with Crippen LogP contribution >= 0.6 is 11.3 Å². The number of piperidine rings is 1. The van der Waals surface area contributed by atoms with Gasteiger partial charge in [0.05, 0.1) is 0 Å². The molecule has 120 valence electrons. The van der Waals surface area contributed by atoms with Gasteiger partial charge in [0.1, 0.15) is 4.21 Å². The average molecular weight is 331 g/mol. The van der Waals surface area contributed by atoms with Crippen molar-refractivity contribution in [1.29, 1.82) is 0 Å². The number of sulfonamides is 1. The van der Waals surface area contributed by atoms with Crippen LogP contribution in [0.15, 0.2) is 16.3 Å². The van der Waals surface area contributed by atoms with E-state index >= 15 is 0 Å².